The maximum absolute atomic E-state index is 3.59. The third-order valence-electron chi connectivity index (χ3n) is 3.48. The van der Waals surface area contributed by atoms with E-state index < -0.39 is 0 Å². The van der Waals surface area contributed by atoms with Crippen LogP contribution >= 0.6 is 0 Å². The van der Waals surface area contributed by atoms with Crippen molar-refractivity contribution in [2.24, 2.45) is 0 Å². The Kier molecular flexibility index (Phi) is 5.87. The van der Waals surface area contributed by atoms with Gasteiger partial charge in [0.25, 0.3) is 0 Å². The van der Waals surface area contributed by atoms with E-state index in [9.17, 15) is 0 Å². The fourth-order valence-corrected chi connectivity index (χ4v) is 2.26. The van der Waals surface area contributed by atoms with Gasteiger partial charge >= 0.3 is 0 Å². The van der Waals surface area contributed by atoms with Crippen LogP contribution in [0.5, 0.6) is 0 Å². The predicted molar refractivity (Wildman–Crippen MR) is 81.1 cm³/mol. The van der Waals surface area contributed by atoms with Crippen LogP contribution < -0.4 is 5.32 Å². The molecule has 1 rings (SSSR count). The zero-order chi connectivity index (χ0) is 13.6. The smallest absolute Gasteiger partial charge is 0.0320 e. The molecular formula is C17H29N. The molecule has 0 saturated heterocycles. The minimum atomic E-state index is 0.246. The molecule has 0 aliphatic rings. The number of unbranched alkanes of at least 4 members (excludes halogenated alkanes) is 1. The van der Waals surface area contributed by atoms with Gasteiger partial charge in [0.15, 0.2) is 0 Å². The van der Waals surface area contributed by atoms with Gasteiger partial charge in [-0.1, -0.05) is 71.7 Å². The van der Waals surface area contributed by atoms with Gasteiger partial charge in [-0.25, -0.2) is 0 Å². The Balaban J connectivity index is 2.79. The first-order valence-corrected chi connectivity index (χ1v) is 7.32. The van der Waals surface area contributed by atoms with E-state index in [1.165, 1.54) is 30.4 Å². The third-order valence-corrected chi connectivity index (χ3v) is 3.48. The molecule has 18 heavy (non-hydrogen) atoms. The maximum Gasteiger partial charge on any atom is 0.0320 e. The summed E-state index contributed by atoms with van der Waals surface area (Å²) in [6, 6.07) is 9.67. The van der Waals surface area contributed by atoms with Crippen LogP contribution in [-0.2, 0) is 5.41 Å². The first-order valence-electron chi connectivity index (χ1n) is 7.32. The second-order valence-corrected chi connectivity index (χ2v) is 6.12. The largest absolute Gasteiger partial charge is 0.310 e. The summed E-state index contributed by atoms with van der Waals surface area (Å²) >= 11 is 0. The lowest BCUT2D eigenvalue weighted by molar-refractivity contribution is 0.494. The molecule has 1 nitrogen and oxygen atoms in total. The van der Waals surface area contributed by atoms with E-state index in [1.807, 2.05) is 0 Å². The molecule has 1 N–H and O–H groups in total. The quantitative estimate of drug-likeness (QED) is 0.759. The van der Waals surface area contributed by atoms with E-state index in [1.54, 1.807) is 0 Å². The molecule has 1 atom stereocenters. The number of rotatable bonds is 6. The molecule has 0 aliphatic carbocycles. The highest BCUT2D eigenvalue weighted by Crippen LogP contribution is 2.25. The monoisotopic (exact) mass is 247 g/mol. The Bertz CT molecular complexity index is 332. The van der Waals surface area contributed by atoms with Gasteiger partial charge in [0.2, 0.25) is 0 Å². The number of nitrogens with one attached hydrogen (secondary N) is 1. The molecule has 1 aromatic rings. The van der Waals surface area contributed by atoms with E-state index in [2.05, 4.69) is 64.2 Å². The van der Waals surface area contributed by atoms with E-state index in [-0.39, 0.29) is 5.41 Å². The topological polar surface area (TPSA) is 12.0 Å². The van der Waals surface area contributed by atoms with Crippen molar-refractivity contribution in [3.63, 3.8) is 0 Å². The van der Waals surface area contributed by atoms with Crippen LogP contribution in [0.3, 0.4) is 0 Å². The van der Waals surface area contributed by atoms with Crippen molar-refractivity contribution in [3.05, 3.63) is 35.4 Å². The third kappa shape index (κ3) is 4.45. The highest BCUT2D eigenvalue weighted by Gasteiger charge is 2.15. The van der Waals surface area contributed by atoms with Crippen LogP contribution in [0.15, 0.2) is 24.3 Å². The fraction of sp³-hybridized carbons (Fsp3) is 0.647. The second kappa shape index (κ2) is 6.94. The molecule has 1 aromatic carbocycles. The van der Waals surface area contributed by atoms with Crippen LogP contribution in [0.4, 0.5) is 0 Å². The van der Waals surface area contributed by atoms with Gasteiger partial charge in [-0.3, -0.25) is 0 Å². The molecule has 0 aliphatic heterocycles. The summed E-state index contributed by atoms with van der Waals surface area (Å²) in [5, 5.41) is 3.59. The molecule has 0 aromatic heterocycles. The summed E-state index contributed by atoms with van der Waals surface area (Å²) in [5.41, 5.74) is 3.09. The molecule has 1 unspecified atom stereocenters. The average molecular weight is 247 g/mol. The molecule has 0 spiro atoms. The SMILES string of the molecule is CCCCC(NCC)c1ccc(C(C)(C)C)cc1. The lowest BCUT2D eigenvalue weighted by Gasteiger charge is -2.22. The van der Waals surface area contributed by atoms with Gasteiger partial charge in [0.1, 0.15) is 0 Å². The van der Waals surface area contributed by atoms with Crippen LogP contribution in [0.1, 0.15) is 71.0 Å². The van der Waals surface area contributed by atoms with Crippen molar-refractivity contribution in [1.82, 2.24) is 5.32 Å². The molecule has 0 amide bonds. The highest BCUT2D eigenvalue weighted by molar-refractivity contribution is 5.29. The Morgan fingerprint density at radius 2 is 1.67 bits per heavy atom. The molecule has 0 heterocycles. The molecule has 1 heteroatoms. The second-order valence-electron chi connectivity index (χ2n) is 6.12. The van der Waals surface area contributed by atoms with Crippen molar-refractivity contribution in [1.29, 1.82) is 0 Å². The number of hydrogen-bond donors (Lipinski definition) is 1. The fourth-order valence-electron chi connectivity index (χ4n) is 2.26. The van der Waals surface area contributed by atoms with E-state index in [0.29, 0.717) is 6.04 Å². The summed E-state index contributed by atoms with van der Waals surface area (Å²) in [5.74, 6) is 0. The van der Waals surface area contributed by atoms with Crippen LogP contribution in [0.2, 0.25) is 0 Å². The van der Waals surface area contributed by atoms with Crippen LogP contribution in [0.25, 0.3) is 0 Å². The summed E-state index contributed by atoms with van der Waals surface area (Å²) < 4.78 is 0. The molecule has 0 saturated carbocycles. The Morgan fingerprint density at radius 1 is 1.06 bits per heavy atom. The van der Waals surface area contributed by atoms with Gasteiger partial charge in [0.05, 0.1) is 0 Å². The van der Waals surface area contributed by atoms with Gasteiger partial charge in [-0.05, 0) is 29.5 Å². The predicted octanol–water partition coefficient (Wildman–Crippen LogP) is 4.82. The average Bonchev–Trinajstić information content (AvgIpc) is 2.33. The normalized spacial score (nSPS) is 13.6. The highest BCUT2D eigenvalue weighted by atomic mass is 14.9. The minimum absolute atomic E-state index is 0.246. The van der Waals surface area contributed by atoms with E-state index in [0.717, 1.165) is 6.54 Å². The zero-order valence-corrected chi connectivity index (χ0v) is 12.7. The lowest BCUT2D eigenvalue weighted by atomic mass is 9.86. The van der Waals surface area contributed by atoms with E-state index in [4.69, 9.17) is 0 Å². The summed E-state index contributed by atoms with van der Waals surface area (Å²) in [4.78, 5) is 0. The molecule has 0 fully saturated rings. The molecule has 102 valence electrons. The van der Waals surface area contributed by atoms with Gasteiger partial charge in [0, 0.05) is 6.04 Å². The van der Waals surface area contributed by atoms with Crippen molar-refractivity contribution in [2.75, 3.05) is 6.54 Å². The maximum atomic E-state index is 3.59. The standard InChI is InChI=1S/C17H29N/c1-6-8-9-16(18-7-2)14-10-12-15(13-11-14)17(3,4)5/h10-13,16,18H,6-9H2,1-5H3. The first-order chi connectivity index (χ1) is 8.49. The summed E-state index contributed by atoms with van der Waals surface area (Å²) in [7, 11) is 0. The van der Waals surface area contributed by atoms with Crippen LogP contribution in [-0.4, -0.2) is 6.54 Å². The zero-order valence-electron chi connectivity index (χ0n) is 12.7. The molecule has 0 radical (unpaired) electrons. The first kappa shape index (κ1) is 15.2. The van der Waals surface area contributed by atoms with Crippen molar-refractivity contribution in [2.45, 2.75) is 65.3 Å². The van der Waals surface area contributed by atoms with Gasteiger partial charge in [-0.2, -0.15) is 0 Å². The molecular weight excluding hydrogens is 218 g/mol. The minimum Gasteiger partial charge on any atom is -0.310 e. The number of benzene rings is 1. The summed E-state index contributed by atoms with van der Waals surface area (Å²) in [6.45, 7) is 12.3. The van der Waals surface area contributed by atoms with Crippen molar-refractivity contribution >= 4 is 0 Å². The molecule has 0 bridgehead atoms. The van der Waals surface area contributed by atoms with Crippen molar-refractivity contribution in [3.8, 4) is 0 Å². The Hall–Kier alpha value is -0.820. The van der Waals surface area contributed by atoms with Gasteiger partial charge in [-0.15, -0.1) is 0 Å². The van der Waals surface area contributed by atoms with Crippen LogP contribution in [0, 0.1) is 0 Å². The summed E-state index contributed by atoms with van der Waals surface area (Å²) in [6.07, 6.45) is 3.79. The van der Waals surface area contributed by atoms with Gasteiger partial charge < -0.3 is 5.32 Å². The Morgan fingerprint density at radius 3 is 2.11 bits per heavy atom. The Labute approximate surface area is 113 Å². The lowest BCUT2D eigenvalue weighted by Crippen LogP contribution is -2.21. The van der Waals surface area contributed by atoms with E-state index >= 15 is 0 Å². The van der Waals surface area contributed by atoms with Crippen molar-refractivity contribution < 1.29 is 0 Å². The number of hydrogen-bond acceptors (Lipinski definition) is 1.